The van der Waals surface area contributed by atoms with Crippen LogP contribution in [0.2, 0.25) is 0 Å². The molecule has 0 heterocycles. The van der Waals surface area contributed by atoms with Crippen molar-refractivity contribution in [2.75, 3.05) is 0 Å². The normalized spacial score (nSPS) is 40.0. The highest BCUT2D eigenvalue weighted by Crippen LogP contribution is 2.68. The van der Waals surface area contributed by atoms with Gasteiger partial charge in [0.05, 0.1) is 0 Å². The lowest BCUT2D eigenvalue weighted by atomic mass is 9.50. The van der Waals surface area contributed by atoms with E-state index in [1.807, 2.05) is 0 Å². The zero-order chi connectivity index (χ0) is 21.1. The molecule has 5 rings (SSSR count). The largest absolute Gasteiger partial charge is 0.0995 e. The molecule has 30 heavy (non-hydrogen) atoms. The van der Waals surface area contributed by atoms with E-state index in [2.05, 4.69) is 76.4 Å². The molecule has 0 N–H and O–H groups in total. The molecule has 158 valence electrons. The second-order valence-corrected chi connectivity index (χ2v) is 11.0. The average Bonchev–Trinajstić information content (AvgIpc) is 3.07. The van der Waals surface area contributed by atoms with Gasteiger partial charge in [0.25, 0.3) is 0 Å². The van der Waals surface area contributed by atoms with Gasteiger partial charge >= 0.3 is 0 Å². The summed E-state index contributed by atoms with van der Waals surface area (Å²) in [4.78, 5) is 0. The molecule has 0 heteroatoms. The van der Waals surface area contributed by atoms with Crippen molar-refractivity contribution in [2.45, 2.75) is 71.6 Å². The van der Waals surface area contributed by atoms with Crippen molar-refractivity contribution in [1.29, 1.82) is 0 Å². The van der Waals surface area contributed by atoms with Gasteiger partial charge in [0.15, 0.2) is 0 Å². The third-order valence-corrected chi connectivity index (χ3v) is 9.63. The summed E-state index contributed by atoms with van der Waals surface area (Å²) in [6, 6.07) is 11.3. The molecule has 6 atom stereocenters. The molecular formula is C30H38. The van der Waals surface area contributed by atoms with Crippen molar-refractivity contribution in [3.8, 4) is 0 Å². The van der Waals surface area contributed by atoms with Gasteiger partial charge in [-0.15, -0.1) is 0 Å². The summed E-state index contributed by atoms with van der Waals surface area (Å²) in [5, 5.41) is 0. The molecule has 0 aromatic heterocycles. The van der Waals surface area contributed by atoms with Gasteiger partial charge in [-0.05, 0) is 79.6 Å². The van der Waals surface area contributed by atoms with Crippen molar-refractivity contribution >= 4 is 0 Å². The van der Waals surface area contributed by atoms with Crippen LogP contribution in [-0.4, -0.2) is 0 Å². The molecule has 0 aliphatic heterocycles. The van der Waals surface area contributed by atoms with E-state index in [4.69, 9.17) is 0 Å². The molecule has 0 amide bonds. The Kier molecular flexibility index (Phi) is 4.77. The molecule has 0 saturated heterocycles. The Morgan fingerprint density at radius 1 is 1.10 bits per heavy atom. The molecule has 0 radical (unpaired) electrons. The molecule has 0 spiro atoms. The number of fused-ring (bicyclic) bond motifs is 5. The van der Waals surface area contributed by atoms with Crippen LogP contribution in [0.25, 0.3) is 0 Å². The van der Waals surface area contributed by atoms with Crippen molar-refractivity contribution in [3.05, 3.63) is 83.5 Å². The maximum absolute atomic E-state index is 4.62. The highest BCUT2D eigenvalue weighted by atomic mass is 14.6. The van der Waals surface area contributed by atoms with E-state index in [0.29, 0.717) is 17.3 Å². The summed E-state index contributed by atoms with van der Waals surface area (Å²) in [7, 11) is 0. The van der Waals surface area contributed by atoms with Crippen LogP contribution in [0, 0.1) is 28.6 Å². The first-order chi connectivity index (χ1) is 14.4. The fourth-order valence-corrected chi connectivity index (χ4v) is 8.00. The second kappa shape index (κ2) is 7.11. The van der Waals surface area contributed by atoms with Gasteiger partial charge < -0.3 is 0 Å². The summed E-state index contributed by atoms with van der Waals surface area (Å²) in [5.74, 6) is 2.75. The van der Waals surface area contributed by atoms with Crippen molar-refractivity contribution in [3.63, 3.8) is 0 Å². The monoisotopic (exact) mass is 398 g/mol. The van der Waals surface area contributed by atoms with Crippen LogP contribution in [0.1, 0.15) is 77.2 Å². The zero-order valence-electron chi connectivity index (χ0n) is 19.2. The van der Waals surface area contributed by atoms with E-state index >= 15 is 0 Å². The van der Waals surface area contributed by atoms with Crippen molar-refractivity contribution in [1.82, 2.24) is 0 Å². The van der Waals surface area contributed by atoms with E-state index in [9.17, 15) is 0 Å². The molecular weight excluding hydrogens is 360 g/mol. The fraction of sp³-hybridized carbons (Fsp3) is 0.533. The molecule has 0 bridgehead atoms. The number of allylic oxidation sites excluding steroid dienone is 6. The SMILES string of the molecule is C=C1C=C2CCC3C(=CC[C@@]4(C)C3C[C@H](c3ccccc3)[C@@H]4C(=C)CC)[C@@]2(C)CC1. The Morgan fingerprint density at radius 2 is 1.87 bits per heavy atom. The van der Waals surface area contributed by atoms with E-state index in [1.54, 1.807) is 11.1 Å². The molecule has 2 unspecified atom stereocenters. The molecule has 1 aromatic carbocycles. The summed E-state index contributed by atoms with van der Waals surface area (Å²) in [6.45, 7) is 16.4. The molecule has 4 aliphatic carbocycles. The fourth-order valence-electron chi connectivity index (χ4n) is 8.00. The standard InChI is InChI=1S/C30H38/c1-6-21(3)28-25(22-10-8-7-9-11-22)19-27-24-13-12-23-18-20(2)14-16-29(23,4)26(24)15-17-30(27,28)5/h7-11,15,18,24-25,27-28H,2-3,6,12-14,16-17,19H2,1,4-5H3/t24?,25-,27?,28+,29+,30+/m1/s1. The molecule has 0 nitrogen and oxygen atoms in total. The predicted octanol–water partition coefficient (Wildman–Crippen LogP) is 8.40. The number of hydrogen-bond donors (Lipinski definition) is 0. The van der Waals surface area contributed by atoms with Gasteiger partial charge in [-0.25, -0.2) is 0 Å². The minimum absolute atomic E-state index is 0.285. The van der Waals surface area contributed by atoms with Gasteiger partial charge in [-0.3, -0.25) is 0 Å². The third kappa shape index (κ3) is 2.79. The lowest BCUT2D eigenvalue weighted by Gasteiger charge is -2.54. The van der Waals surface area contributed by atoms with Gasteiger partial charge in [0.1, 0.15) is 0 Å². The number of rotatable bonds is 3. The van der Waals surface area contributed by atoms with Crippen molar-refractivity contribution < 1.29 is 0 Å². The number of hydrogen-bond acceptors (Lipinski definition) is 0. The molecule has 2 saturated carbocycles. The first-order valence-corrected chi connectivity index (χ1v) is 12.2. The lowest BCUT2D eigenvalue weighted by Crippen LogP contribution is -2.44. The second-order valence-electron chi connectivity index (χ2n) is 11.0. The zero-order valence-corrected chi connectivity index (χ0v) is 19.2. The molecule has 4 aliphatic rings. The van der Waals surface area contributed by atoms with Gasteiger partial charge in [0.2, 0.25) is 0 Å². The summed E-state index contributed by atoms with van der Waals surface area (Å²) < 4.78 is 0. The smallest absolute Gasteiger partial charge is 0.0101 e. The van der Waals surface area contributed by atoms with E-state index in [1.165, 1.54) is 48.8 Å². The first kappa shape index (κ1) is 20.1. The van der Waals surface area contributed by atoms with E-state index in [-0.39, 0.29) is 5.41 Å². The Hall–Kier alpha value is -1.82. The predicted molar refractivity (Wildman–Crippen MR) is 128 cm³/mol. The Balaban J connectivity index is 1.57. The van der Waals surface area contributed by atoms with Gasteiger partial charge in [-0.2, -0.15) is 0 Å². The van der Waals surface area contributed by atoms with Crippen LogP contribution in [0.5, 0.6) is 0 Å². The Bertz CT molecular complexity index is 928. The third-order valence-electron chi connectivity index (χ3n) is 9.63. The van der Waals surface area contributed by atoms with E-state index in [0.717, 1.165) is 24.7 Å². The minimum atomic E-state index is 0.285. The van der Waals surface area contributed by atoms with E-state index < -0.39 is 0 Å². The maximum atomic E-state index is 4.62. The quantitative estimate of drug-likeness (QED) is 0.448. The highest BCUT2D eigenvalue weighted by molar-refractivity contribution is 5.44. The number of benzene rings is 1. The summed E-state index contributed by atoms with van der Waals surface area (Å²) in [6.07, 6.45) is 13.8. The summed E-state index contributed by atoms with van der Waals surface area (Å²) in [5.41, 5.74) is 8.42. The van der Waals surface area contributed by atoms with Crippen molar-refractivity contribution in [2.24, 2.45) is 28.6 Å². The molecule has 1 aromatic rings. The average molecular weight is 399 g/mol. The Morgan fingerprint density at radius 3 is 2.60 bits per heavy atom. The first-order valence-electron chi connectivity index (χ1n) is 12.2. The van der Waals surface area contributed by atoms with Crippen LogP contribution < -0.4 is 0 Å². The van der Waals surface area contributed by atoms with Crippen LogP contribution in [0.15, 0.2) is 77.9 Å². The minimum Gasteiger partial charge on any atom is -0.0995 e. The van der Waals surface area contributed by atoms with Gasteiger partial charge in [0, 0.05) is 5.41 Å². The molecule has 2 fully saturated rings. The van der Waals surface area contributed by atoms with Crippen LogP contribution in [-0.2, 0) is 0 Å². The summed E-state index contributed by atoms with van der Waals surface area (Å²) >= 11 is 0. The van der Waals surface area contributed by atoms with Crippen LogP contribution in [0.4, 0.5) is 0 Å². The van der Waals surface area contributed by atoms with Crippen LogP contribution in [0.3, 0.4) is 0 Å². The topological polar surface area (TPSA) is 0 Å². The van der Waals surface area contributed by atoms with Gasteiger partial charge in [-0.1, -0.05) is 98.7 Å². The lowest BCUT2D eigenvalue weighted by molar-refractivity contribution is 0.0954. The highest BCUT2D eigenvalue weighted by Gasteiger charge is 2.59. The maximum Gasteiger partial charge on any atom is 0.0101 e. The van der Waals surface area contributed by atoms with Crippen LogP contribution >= 0.6 is 0 Å². The Labute approximate surface area is 183 Å².